The van der Waals surface area contributed by atoms with Crippen molar-refractivity contribution in [2.45, 2.75) is 6.92 Å². The van der Waals surface area contributed by atoms with Gasteiger partial charge < -0.3 is 10.1 Å². The summed E-state index contributed by atoms with van der Waals surface area (Å²) in [4.78, 5) is 23.4. The number of hydrogen-bond acceptors (Lipinski definition) is 5. The Morgan fingerprint density at radius 3 is 2.59 bits per heavy atom. The van der Waals surface area contributed by atoms with Crippen LogP contribution >= 0.6 is 11.6 Å². The molecular formula is C18H15ClN4O4. The number of ether oxygens (including phenoxy) is 1. The third kappa shape index (κ3) is 3.61. The predicted octanol–water partition coefficient (Wildman–Crippen LogP) is 4.00. The number of rotatable bonds is 5. The topological polar surface area (TPSA) is 99.3 Å². The molecule has 3 rings (SSSR count). The van der Waals surface area contributed by atoms with Gasteiger partial charge in [0.05, 0.1) is 29.5 Å². The normalized spacial score (nSPS) is 10.5. The summed E-state index contributed by atoms with van der Waals surface area (Å²) in [6, 6.07) is 13.3. The molecule has 0 aliphatic carbocycles. The Morgan fingerprint density at radius 1 is 1.26 bits per heavy atom. The van der Waals surface area contributed by atoms with Crippen molar-refractivity contribution >= 4 is 28.9 Å². The molecule has 0 saturated heterocycles. The molecule has 1 aromatic heterocycles. The summed E-state index contributed by atoms with van der Waals surface area (Å²) >= 11 is 6.36. The lowest BCUT2D eigenvalue weighted by Gasteiger charge is -2.08. The Balaban J connectivity index is 1.96. The van der Waals surface area contributed by atoms with Gasteiger partial charge in [-0.1, -0.05) is 29.8 Å². The molecule has 2 aromatic carbocycles. The van der Waals surface area contributed by atoms with Crippen LogP contribution in [0.5, 0.6) is 5.75 Å². The Labute approximate surface area is 159 Å². The Kier molecular flexibility index (Phi) is 5.09. The second-order valence-corrected chi connectivity index (χ2v) is 5.95. The number of para-hydroxylation sites is 1. The second-order valence-electron chi connectivity index (χ2n) is 5.59. The van der Waals surface area contributed by atoms with Crippen molar-refractivity contribution in [2.24, 2.45) is 0 Å². The van der Waals surface area contributed by atoms with Gasteiger partial charge in [0, 0.05) is 0 Å². The van der Waals surface area contributed by atoms with E-state index in [1.807, 2.05) is 18.2 Å². The average molecular weight is 387 g/mol. The first-order valence-electron chi connectivity index (χ1n) is 7.86. The molecule has 27 heavy (non-hydrogen) atoms. The third-order valence-electron chi connectivity index (χ3n) is 3.88. The first kappa shape index (κ1) is 18.4. The van der Waals surface area contributed by atoms with E-state index in [2.05, 4.69) is 10.4 Å². The summed E-state index contributed by atoms with van der Waals surface area (Å²) < 4.78 is 6.43. The number of methoxy groups -OCH3 is 1. The summed E-state index contributed by atoms with van der Waals surface area (Å²) in [5, 5.41) is 18.2. The number of amides is 1. The molecule has 0 atom stereocenters. The molecule has 138 valence electrons. The monoisotopic (exact) mass is 386 g/mol. The lowest BCUT2D eigenvalue weighted by Crippen LogP contribution is -2.14. The third-order valence-corrected chi connectivity index (χ3v) is 4.23. The molecule has 0 aliphatic rings. The van der Waals surface area contributed by atoms with Gasteiger partial charge in [0.15, 0.2) is 0 Å². The van der Waals surface area contributed by atoms with E-state index in [4.69, 9.17) is 16.3 Å². The van der Waals surface area contributed by atoms with Crippen LogP contribution in [0.25, 0.3) is 5.69 Å². The fraction of sp³-hybridized carbons (Fsp3) is 0.111. The predicted molar refractivity (Wildman–Crippen MR) is 101 cm³/mol. The number of aryl methyl sites for hydroxylation is 1. The smallest absolute Gasteiger partial charge is 0.296 e. The molecule has 3 aromatic rings. The highest BCUT2D eigenvalue weighted by Gasteiger charge is 2.24. The highest BCUT2D eigenvalue weighted by atomic mass is 35.5. The maximum absolute atomic E-state index is 12.7. The van der Waals surface area contributed by atoms with E-state index >= 15 is 0 Å². The van der Waals surface area contributed by atoms with Crippen LogP contribution < -0.4 is 10.1 Å². The zero-order valence-corrected chi connectivity index (χ0v) is 15.2. The van der Waals surface area contributed by atoms with Crippen LogP contribution in [-0.2, 0) is 0 Å². The second kappa shape index (κ2) is 7.46. The fourth-order valence-electron chi connectivity index (χ4n) is 2.58. The Morgan fingerprint density at radius 2 is 1.96 bits per heavy atom. The highest BCUT2D eigenvalue weighted by molar-refractivity contribution is 6.34. The lowest BCUT2D eigenvalue weighted by atomic mass is 10.2. The standard InChI is InChI=1S/C18H15ClN4O4/c1-11-16(17(19)22(21-11)12-6-4-3-5-7-12)18(24)20-14-9-8-13(27-2)10-15(14)23(25)26/h3-10H,1-2H3,(H,20,24). The number of carbonyl (C=O) groups is 1. The minimum Gasteiger partial charge on any atom is -0.496 e. The van der Waals surface area contributed by atoms with Gasteiger partial charge >= 0.3 is 0 Å². The van der Waals surface area contributed by atoms with Crippen LogP contribution in [0.4, 0.5) is 11.4 Å². The van der Waals surface area contributed by atoms with E-state index < -0.39 is 10.8 Å². The van der Waals surface area contributed by atoms with Gasteiger partial charge in [-0.15, -0.1) is 0 Å². The maximum Gasteiger partial charge on any atom is 0.296 e. The maximum atomic E-state index is 12.7. The molecule has 0 unspecified atom stereocenters. The number of nitro benzene ring substituents is 1. The van der Waals surface area contributed by atoms with Gasteiger partial charge in [0.1, 0.15) is 22.2 Å². The number of nitrogens with zero attached hydrogens (tertiary/aromatic N) is 3. The number of carbonyl (C=O) groups excluding carboxylic acids is 1. The van der Waals surface area contributed by atoms with E-state index in [1.165, 1.54) is 30.0 Å². The fourth-order valence-corrected chi connectivity index (χ4v) is 2.94. The molecule has 0 radical (unpaired) electrons. The molecule has 0 aliphatic heterocycles. The van der Waals surface area contributed by atoms with Crippen LogP contribution in [0, 0.1) is 17.0 Å². The van der Waals surface area contributed by atoms with Crippen molar-refractivity contribution in [3.8, 4) is 11.4 Å². The molecule has 1 amide bonds. The molecule has 1 heterocycles. The van der Waals surface area contributed by atoms with Crippen LogP contribution in [0.15, 0.2) is 48.5 Å². The lowest BCUT2D eigenvalue weighted by molar-refractivity contribution is -0.384. The zero-order chi connectivity index (χ0) is 19.6. The van der Waals surface area contributed by atoms with E-state index in [-0.39, 0.29) is 22.1 Å². The summed E-state index contributed by atoms with van der Waals surface area (Å²) in [5.74, 6) is -0.279. The van der Waals surface area contributed by atoms with Gasteiger partial charge in [-0.3, -0.25) is 14.9 Å². The van der Waals surface area contributed by atoms with Crippen LogP contribution in [0.2, 0.25) is 5.15 Å². The van der Waals surface area contributed by atoms with Crippen LogP contribution in [0.3, 0.4) is 0 Å². The van der Waals surface area contributed by atoms with E-state index in [0.29, 0.717) is 17.1 Å². The van der Waals surface area contributed by atoms with Gasteiger partial charge in [-0.25, -0.2) is 4.68 Å². The number of halogens is 1. The number of nitro groups is 1. The van der Waals surface area contributed by atoms with Crippen LogP contribution in [0.1, 0.15) is 16.1 Å². The van der Waals surface area contributed by atoms with Gasteiger partial charge in [-0.05, 0) is 31.2 Å². The molecular weight excluding hydrogens is 372 g/mol. The number of aromatic nitrogens is 2. The van der Waals surface area contributed by atoms with Crippen molar-refractivity contribution in [1.29, 1.82) is 0 Å². The Hall–Kier alpha value is -3.39. The molecule has 1 N–H and O–H groups in total. The van der Waals surface area contributed by atoms with Gasteiger partial charge in [-0.2, -0.15) is 5.10 Å². The highest BCUT2D eigenvalue weighted by Crippen LogP contribution is 2.31. The summed E-state index contributed by atoms with van der Waals surface area (Å²) in [6.45, 7) is 1.64. The molecule has 0 bridgehead atoms. The van der Waals surface area contributed by atoms with Crippen LogP contribution in [-0.4, -0.2) is 27.7 Å². The summed E-state index contributed by atoms with van der Waals surface area (Å²) in [7, 11) is 1.40. The van der Waals surface area contributed by atoms with Crippen molar-refractivity contribution in [3.05, 3.63) is 75.1 Å². The van der Waals surface area contributed by atoms with E-state index in [9.17, 15) is 14.9 Å². The Bertz CT molecular complexity index is 1020. The van der Waals surface area contributed by atoms with Crippen molar-refractivity contribution in [3.63, 3.8) is 0 Å². The first-order valence-corrected chi connectivity index (χ1v) is 8.24. The minimum atomic E-state index is -0.597. The average Bonchev–Trinajstić information content (AvgIpc) is 2.96. The van der Waals surface area contributed by atoms with Crippen molar-refractivity contribution < 1.29 is 14.5 Å². The van der Waals surface area contributed by atoms with E-state index in [1.54, 1.807) is 19.1 Å². The first-order chi connectivity index (χ1) is 12.9. The van der Waals surface area contributed by atoms with Crippen molar-refractivity contribution in [2.75, 3.05) is 12.4 Å². The van der Waals surface area contributed by atoms with Crippen molar-refractivity contribution in [1.82, 2.24) is 9.78 Å². The molecule has 0 spiro atoms. The summed E-state index contributed by atoms with van der Waals surface area (Å²) in [6.07, 6.45) is 0. The minimum absolute atomic E-state index is 0.0359. The molecule has 0 fully saturated rings. The SMILES string of the molecule is COc1ccc(NC(=O)c2c(C)nn(-c3ccccc3)c2Cl)c([N+](=O)[O-])c1. The number of benzene rings is 2. The molecule has 8 nitrogen and oxygen atoms in total. The molecule has 0 saturated carbocycles. The number of nitrogens with one attached hydrogen (secondary N) is 1. The zero-order valence-electron chi connectivity index (χ0n) is 14.5. The van der Waals surface area contributed by atoms with Gasteiger partial charge in [0.2, 0.25) is 0 Å². The van der Waals surface area contributed by atoms with E-state index in [0.717, 1.165) is 0 Å². The summed E-state index contributed by atoms with van der Waals surface area (Å²) in [5.41, 5.74) is 0.990. The quantitative estimate of drug-likeness (QED) is 0.527. The van der Waals surface area contributed by atoms with Gasteiger partial charge in [0.25, 0.3) is 11.6 Å². The number of anilines is 1. The number of hydrogen-bond donors (Lipinski definition) is 1. The molecule has 9 heteroatoms. The largest absolute Gasteiger partial charge is 0.496 e.